The number of carbonyl (C=O) groups is 1. The van der Waals surface area contributed by atoms with Gasteiger partial charge >= 0.3 is 0 Å². The Morgan fingerprint density at radius 1 is 1.33 bits per heavy atom. The molecule has 1 aliphatic rings. The Hall–Kier alpha value is -1.86. The van der Waals surface area contributed by atoms with E-state index in [2.05, 4.69) is 5.10 Å². The lowest BCUT2D eigenvalue weighted by Gasteiger charge is -2.22. The van der Waals surface area contributed by atoms with Crippen LogP contribution in [0, 0.1) is 0 Å². The summed E-state index contributed by atoms with van der Waals surface area (Å²) in [5, 5.41) is 4.92. The van der Waals surface area contributed by atoms with E-state index in [1.165, 1.54) is 4.90 Å². The number of sulfone groups is 1. The van der Waals surface area contributed by atoms with Crippen LogP contribution in [0.3, 0.4) is 0 Å². The van der Waals surface area contributed by atoms with Crippen molar-refractivity contribution < 1.29 is 13.2 Å². The van der Waals surface area contributed by atoms with E-state index in [0.717, 1.165) is 11.3 Å². The Morgan fingerprint density at radius 3 is 2.58 bits per heavy atom. The molecule has 1 aliphatic heterocycles. The van der Waals surface area contributed by atoms with Crippen molar-refractivity contribution in [3.05, 3.63) is 41.0 Å². The molecule has 0 radical (unpaired) electrons. The first-order chi connectivity index (χ1) is 11.3. The number of rotatable bonds is 3. The highest BCUT2D eigenvalue weighted by molar-refractivity contribution is 7.91. The Kier molecular flexibility index (Phi) is 4.40. The van der Waals surface area contributed by atoms with E-state index in [0.29, 0.717) is 17.1 Å². The van der Waals surface area contributed by atoms with E-state index in [1.807, 2.05) is 12.1 Å². The smallest absolute Gasteiger partial charge is 0.274 e. The Balaban J connectivity index is 1.84. The van der Waals surface area contributed by atoms with Crippen LogP contribution in [0.4, 0.5) is 0 Å². The zero-order valence-corrected chi connectivity index (χ0v) is 15.0. The summed E-state index contributed by atoms with van der Waals surface area (Å²) in [5.74, 6) is -0.118. The molecule has 0 aliphatic carbocycles. The van der Waals surface area contributed by atoms with Crippen molar-refractivity contribution in [2.75, 3.05) is 18.6 Å². The summed E-state index contributed by atoms with van der Waals surface area (Å²) in [7, 11) is 0.356. The standard InChI is InChI=1S/C16H18ClN3O3S/c1-19(13-7-8-24(22,23)10-13)16(21)14-9-15(20(2)18-14)11-3-5-12(17)6-4-11/h3-6,9,13H,7-8,10H2,1-2H3. The van der Waals surface area contributed by atoms with Gasteiger partial charge in [0.25, 0.3) is 5.91 Å². The molecular formula is C16H18ClN3O3S. The maximum Gasteiger partial charge on any atom is 0.274 e. The number of aryl methyl sites for hydroxylation is 1. The van der Waals surface area contributed by atoms with Gasteiger partial charge in [-0.25, -0.2) is 8.42 Å². The molecule has 0 saturated carbocycles. The van der Waals surface area contributed by atoms with Gasteiger partial charge in [-0.05, 0) is 30.2 Å². The van der Waals surface area contributed by atoms with E-state index in [1.54, 1.807) is 37.0 Å². The van der Waals surface area contributed by atoms with Crippen molar-refractivity contribution in [1.82, 2.24) is 14.7 Å². The minimum atomic E-state index is -3.04. The fourth-order valence-electron chi connectivity index (χ4n) is 2.89. The minimum Gasteiger partial charge on any atom is -0.336 e. The minimum absolute atomic E-state index is 0.0200. The molecular weight excluding hydrogens is 350 g/mol. The number of amides is 1. The molecule has 2 aromatic rings. The van der Waals surface area contributed by atoms with Crippen molar-refractivity contribution in [2.45, 2.75) is 12.5 Å². The molecule has 24 heavy (non-hydrogen) atoms. The molecule has 6 nitrogen and oxygen atoms in total. The monoisotopic (exact) mass is 367 g/mol. The van der Waals surface area contributed by atoms with Crippen molar-refractivity contribution in [3.63, 3.8) is 0 Å². The highest BCUT2D eigenvalue weighted by atomic mass is 35.5. The molecule has 1 aromatic heterocycles. The Labute approximate surface area is 145 Å². The van der Waals surface area contributed by atoms with Crippen LogP contribution in [-0.4, -0.2) is 53.6 Å². The number of hydrogen-bond donors (Lipinski definition) is 0. The average Bonchev–Trinajstić information content (AvgIpc) is 3.09. The maximum absolute atomic E-state index is 12.6. The number of nitrogens with zero attached hydrogens (tertiary/aromatic N) is 3. The van der Waals surface area contributed by atoms with Crippen LogP contribution in [0.25, 0.3) is 11.3 Å². The molecule has 0 N–H and O–H groups in total. The number of benzene rings is 1. The third-order valence-corrected chi connectivity index (χ3v) is 6.32. The highest BCUT2D eigenvalue weighted by Crippen LogP contribution is 2.24. The van der Waals surface area contributed by atoms with E-state index >= 15 is 0 Å². The molecule has 128 valence electrons. The molecule has 3 rings (SSSR count). The number of carbonyl (C=O) groups excluding carboxylic acids is 1. The third-order valence-electron chi connectivity index (χ3n) is 4.32. The van der Waals surface area contributed by atoms with Crippen molar-refractivity contribution in [3.8, 4) is 11.3 Å². The lowest BCUT2D eigenvalue weighted by atomic mass is 10.1. The fourth-order valence-corrected chi connectivity index (χ4v) is 4.79. The molecule has 1 aromatic carbocycles. The maximum atomic E-state index is 12.6. The summed E-state index contributed by atoms with van der Waals surface area (Å²) in [6.45, 7) is 0. The second kappa shape index (κ2) is 6.22. The molecule has 1 atom stereocenters. The molecule has 2 heterocycles. The lowest BCUT2D eigenvalue weighted by Crippen LogP contribution is -2.38. The first kappa shape index (κ1) is 17.0. The van der Waals surface area contributed by atoms with Crippen LogP contribution in [0.1, 0.15) is 16.9 Å². The molecule has 0 spiro atoms. The van der Waals surface area contributed by atoms with Crippen LogP contribution >= 0.6 is 11.6 Å². The highest BCUT2D eigenvalue weighted by Gasteiger charge is 2.33. The van der Waals surface area contributed by atoms with Crippen LogP contribution < -0.4 is 0 Å². The van der Waals surface area contributed by atoms with Gasteiger partial charge in [0.2, 0.25) is 0 Å². The van der Waals surface area contributed by atoms with Gasteiger partial charge in [-0.15, -0.1) is 0 Å². The number of aromatic nitrogens is 2. The normalized spacial score (nSPS) is 19.4. The summed E-state index contributed by atoms with van der Waals surface area (Å²) in [4.78, 5) is 14.1. The van der Waals surface area contributed by atoms with Gasteiger partial charge < -0.3 is 4.90 Å². The number of hydrogen-bond acceptors (Lipinski definition) is 4. The average molecular weight is 368 g/mol. The predicted octanol–water partition coefficient (Wildman–Crippen LogP) is 2.00. The van der Waals surface area contributed by atoms with Gasteiger partial charge in [-0.1, -0.05) is 23.7 Å². The second-order valence-electron chi connectivity index (χ2n) is 6.02. The Morgan fingerprint density at radius 2 is 2.00 bits per heavy atom. The zero-order chi connectivity index (χ0) is 17.5. The van der Waals surface area contributed by atoms with E-state index in [-0.39, 0.29) is 23.5 Å². The first-order valence-electron chi connectivity index (χ1n) is 7.54. The second-order valence-corrected chi connectivity index (χ2v) is 8.68. The zero-order valence-electron chi connectivity index (χ0n) is 13.4. The topological polar surface area (TPSA) is 72.3 Å². The van der Waals surface area contributed by atoms with E-state index in [4.69, 9.17) is 11.6 Å². The summed E-state index contributed by atoms with van der Waals surface area (Å²) >= 11 is 5.90. The van der Waals surface area contributed by atoms with Gasteiger partial charge in [0.15, 0.2) is 15.5 Å². The summed E-state index contributed by atoms with van der Waals surface area (Å²) in [6, 6.07) is 8.71. The van der Waals surface area contributed by atoms with Crippen LogP contribution in [-0.2, 0) is 16.9 Å². The SMILES string of the molecule is CN(C(=O)c1cc(-c2ccc(Cl)cc2)n(C)n1)C1CCS(=O)(=O)C1. The quantitative estimate of drug-likeness (QED) is 0.831. The Bertz CT molecular complexity index is 874. The van der Waals surface area contributed by atoms with Crippen LogP contribution in [0.15, 0.2) is 30.3 Å². The lowest BCUT2D eigenvalue weighted by molar-refractivity contribution is 0.0741. The molecule has 1 amide bonds. The van der Waals surface area contributed by atoms with Gasteiger partial charge in [0.1, 0.15) is 0 Å². The first-order valence-corrected chi connectivity index (χ1v) is 9.74. The van der Waals surface area contributed by atoms with E-state index in [9.17, 15) is 13.2 Å². The molecule has 8 heteroatoms. The van der Waals surface area contributed by atoms with Crippen LogP contribution in [0.2, 0.25) is 5.02 Å². The molecule has 1 fully saturated rings. The molecule has 1 unspecified atom stereocenters. The van der Waals surface area contributed by atoms with Crippen molar-refractivity contribution in [1.29, 1.82) is 0 Å². The third kappa shape index (κ3) is 3.32. The summed E-state index contributed by atoms with van der Waals surface area (Å²) in [6.07, 6.45) is 0.474. The van der Waals surface area contributed by atoms with Crippen molar-refractivity contribution >= 4 is 27.3 Å². The summed E-state index contributed by atoms with van der Waals surface area (Å²) in [5.41, 5.74) is 2.00. The fraction of sp³-hybridized carbons (Fsp3) is 0.375. The van der Waals surface area contributed by atoms with Crippen molar-refractivity contribution in [2.24, 2.45) is 7.05 Å². The van der Waals surface area contributed by atoms with Crippen LogP contribution in [0.5, 0.6) is 0 Å². The predicted molar refractivity (Wildman–Crippen MR) is 92.8 cm³/mol. The van der Waals surface area contributed by atoms with Gasteiger partial charge in [0, 0.05) is 25.2 Å². The van der Waals surface area contributed by atoms with E-state index < -0.39 is 9.84 Å². The van der Waals surface area contributed by atoms with Gasteiger partial charge in [-0.2, -0.15) is 5.10 Å². The van der Waals surface area contributed by atoms with Gasteiger partial charge in [0.05, 0.1) is 17.2 Å². The molecule has 1 saturated heterocycles. The molecule has 0 bridgehead atoms. The van der Waals surface area contributed by atoms with Gasteiger partial charge in [-0.3, -0.25) is 9.48 Å². The number of halogens is 1. The summed E-state index contributed by atoms with van der Waals surface area (Å²) < 4.78 is 24.8. The largest absolute Gasteiger partial charge is 0.336 e.